The fourth-order valence-electron chi connectivity index (χ4n) is 4.20. The van der Waals surface area contributed by atoms with E-state index in [2.05, 4.69) is 20.3 Å². The molecule has 2 fully saturated rings. The first-order valence-electron chi connectivity index (χ1n) is 15.1. The van der Waals surface area contributed by atoms with Crippen molar-refractivity contribution in [3.63, 3.8) is 0 Å². The van der Waals surface area contributed by atoms with Crippen LogP contribution in [0.15, 0.2) is 48.5 Å². The van der Waals surface area contributed by atoms with Crippen LogP contribution < -0.4 is 20.1 Å². The van der Waals surface area contributed by atoms with Gasteiger partial charge in [-0.15, -0.1) is 0 Å². The fourth-order valence-corrected chi connectivity index (χ4v) is 4.20. The number of unbranched alkanes of at least 4 members (excludes halogenated alkanes) is 2. The van der Waals surface area contributed by atoms with E-state index < -0.39 is 48.1 Å². The number of hydroxylamine groups is 4. The molecule has 2 aliphatic rings. The van der Waals surface area contributed by atoms with Gasteiger partial charge < -0.3 is 29.6 Å². The standard InChI is InChI=1S/C31H32N4O14/c36-24-12-13-25(37)34(24)48-30(42)44-18-20-4-8-22(9-5-20)46-28(40)32-16-2-1-3-17-33-29(41)47-23-10-6-21(7-11-23)19-45-31(43)49-35-26(38)14-15-27(35)39/h4-11H,1-3,12-19H2,(H,32,40)(H,33,41). The number of ether oxygens (including phenoxy) is 4. The summed E-state index contributed by atoms with van der Waals surface area (Å²) in [5.41, 5.74) is 1.08. The number of carbonyl (C=O) groups is 8. The molecule has 2 saturated heterocycles. The summed E-state index contributed by atoms with van der Waals surface area (Å²) in [5.74, 6) is -1.98. The van der Waals surface area contributed by atoms with Crippen LogP contribution in [0.1, 0.15) is 56.1 Å². The van der Waals surface area contributed by atoms with Gasteiger partial charge in [0.15, 0.2) is 0 Å². The van der Waals surface area contributed by atoms with E-state index in [1.807, 2.05) is 0 Å². The van der Waals surface area contributed by atoms with Crippen LogP contribution in [0.4, 0.5) is 19.2 Å². The van der Waals surface area contributed by atoms with Crippen LogP contribution in [0, 0.1) is 0 Å². The lowest BCUT2D eigenvalue weighted by molar-refractivity contribution is -0.178. The van der Waals surface area contributed by atoms with Gasteiger partial charge in [0.25, 0.3) is 23.6 Å². The Hall–Kier alpha value is -6.20. The first-order chi connectivity index (χ1) is 23.6. The van der Waals surface area contributed by atoms with Gasteiger partial charge in [0.05, 0.1) is 0 Å². The molecule has 0 atom stereocenters. The average molecular weight is 685 g/mol. The normalized spacial score (nSPS) is 14.0. The molecule has 0 aromatic heterocycles. The van der Waals surface area contributed by atoms with Gasteiger partial charge in [-0.25, -0.2) is 19.2 Å². The SMILES string of the molecule is O=C(NCCCCCNC(=O)Oc1ccc(COC(=O)ON2C(=O)CCC2=O)cc1)Oc1ccc(COC(=O)ON2C(=O)CCC2=O)cc1. The monoisotopic (exact) mass is 684 g/mol. The van der Waals surface area contributed by atoms with Gasteiger partial charge in [-0.2, -0.15) is 0 Å². The highest BCUT2D eigenvalue weighted by atomic mass is 16.8. The van der Waals surface area contributed by atoms with Crippen molar-refractivity contribution >= 4 is 48.1 Å². The van der Waals surface area contributed by atoms with Crippen LogP contribution in [0.5, 0.6) is 11.5 Å². The van der Waals surface area contributed by atoms with Crippen molar-refractivity contribution in [1.29, 1.82) is 0 Å². The van der Waals surface area contributed by atoms with E-state index in [0.717, 1.165) is 0 Å². The van der Waals surface area contributed by atoms with E-state index >= 15 is 0 Å². The predicted octanol–water partition coefficient (Wildman–Crippen LogP) is 3.17. The number of benzene rings is 2. The smallest absolute Gasteiger partial charge is 0.428 e. The van der Waals surface area contributed by atoms with Gasteiger partial charge in [-0.1, -0.05) is 34.4 Å². The molecule has 18 nitrogen and oxygen atoms in total. The molecular weight excluding hydrogens is 652 g/mol. The van der Waals surface area contributed by atoms with E-state index in [-0.39, 0.29) is 50.4 Å². The highest BCUT2D eigenvalue weighted by Crippen LogP contribution is 2.17. The van der Waals surface area contributed by atoms with Crippen LogP contribution >= 0.6 is 0 Å². The third-order valence-corrected chi connectivity index (χ3v) is 6.72. The summed E-state index contributed by atoms with van der Waals surface area (Å²) in [5, 5.41) is 6.00. The number of amides is 6. The molecule has 0 radical (unpaired) electrons. The van der Waals surface area contributed by atoms with Gasteiger partial charge in [-0.05, 0) is 54.7 Å². The summed E-state index contributed by atoms with van der Waals surface area (Å²) in [6.45, 7) is 0.271. The van der Waals surface area contributed by atoms with E-state index in [1.165, 1.54) is 24.3 Å². The molecule has 6 amide bonds. The molecule has 0 saturated carbocycles. The lowest BCUT2D eigenvalue weighted by atomic mass is 10.2. The third-order valence-electron chi connectivity index (χ3n) is 6.72. The number of imide groups is 2. The minimum Gasteiger partial charge on any atom is -0.428 e. The van der Waals surface area contributed by atoms with E-state index in [0.29, 0.717) is 53.6 Å². The lowest BCUT2D eigenvalue weighted by Crippen LogP contribution is -2.32. The van der Waals surface area contributed by atoms with Crippen molar-refractivity contribution in [2.45, 2.75) is 58.2 Å². The summed E-state index contributed by atoms with van der Waals surface area (Å²) < 4.78 is 20.2. The van der Waals surface area contributed by atoms with Crippen molar-refractivity contribution in [3.8, 4) is 11.5 Å². The predicted molar refractivity (Wildman–Crippen MR) is 160 cm³/mol. The van der Waals surface area contributed by atoms with Gasteiger partial charge in [0.2, 0.25) is 0 Å². The molecule has 0 aliphatic carbocycles. The summed E-state index contributed by atoms with van der Waals surface area (Å²) >= 11 is 0. The summed E-state index contributed by atoms with van der Waals surface area (Å²) in [6.07, 6.45) is -1.92. The van der Waals surface area contributed by atoms with E-state index in [1.54, 1.807) is 24.3 Å². The van der Waals surface area contributed by atoms with Crippen molar-refractivity contribution in [1.82, 2.24) is 20.8 Å². The molecule has 2 aromatic rings. The molecule has 18 heteroatoms. The quantitative estimate of drug-likeness (QED) is 0.166. The zero-order chi connectivity index (χ0) is 35.2. The topological polar surface area (TPSA) is 222 Å². The van der Waals surface area contributed by atoms with Crippen LogP contribution in [-0.4, -0.2) is 71.3 Å². The second kappa shape index (κ2) is 17.6. The maximum atomic E-state index is 12.1. The second-order valence-electron chi connectivity index (χ2n) is 10.4. The number of rotatable bonds is 14. The Morgan fingerprint density at radius 2 is 0.878 bits per heavy atom. The van der Waals surface area contributed by atoms with Crippen molar-refractivity contribution in [2.24, 2.45) is 0 Å². The molecule has 0 unspecified atom stereocenters. The number of nitrogens with zero attached hydrogens (tertiary/aromatic N) is 2. The average Bonchev–Trinajstić information content (AvgIpc) is 3.57. The Labute approximate surface area is 278 Å². The zero-order valence-electron chi connectivity index (χ0n) is 26.0. The van der Waals surface area contributed by atoms with Crippen molar-refractivity contribution < 1.29 is 67.0 Å². The molecule has 49 heavy (non-hydrogen) atoms. The lowest BCUT2D eigenvalue weighted by Gasteiger charge is -2.12. The molecule has 260 valence electrons. The molecule has 2 heterocycles. The Kier molecular flexibility index (Phi) is 12.8. The maximum absolute atomic E-state index is 12.1. The Morgan fingerprint density at radius 1 is 0.531 bits per heavy atom. The fraction of sp³-hybridized carbons (Fsp3) is 0.355. The van der Waals surface area contributed by atoms with Crippen LogP contribution in [0.2, 0.25) is 0 Å². The van der Waals surface area contributed by atoms with Gasteiger partial charge in [0, 0.05) is 38.8 Å². The minimum atomic E-state index is -1.20. The molecular formula is C31H32N4O14. The molecule has 0 spiro atoms. The molecule has 2 aromatic carbocycles. The highest BCUT2D eigenvalue weighted by Gasteiger charge is 2.34. The van der Waals surface area contributed by atoms with Gasteiger partial charge in [0.1, 0.15) is 24.7 Å². The third kappa shape index (κ3) is 11.5. The van der Waals surface area contributed by atoms with Crippen molar-refractivity contribution in [3.05, 3.63) is 59.7 Å². The highest BCUT2D eigenvalue weighted by molar-refractivity contribution is 6.02. The summed E-state index contributed by atoms with van der Waals surface area (Å²) in [6, 6.07) is 12.2. The largest absolute Gasteiger partial charge is 0.534 e. The minimum absolute atomic E-state index is 0.0293. The van der Waals surface area contributed by atoms with Crippen LogP contribution in [0.25, 0.3) is 0 Å². The number of nitrogens with one attached hydrogen (secondary N) is 2. The Morgan fingerprint density at radius 3 is 1.22 bits per heavy atom. The molecule has 2 N–H and O–H groups in total. The van der Waals surface area contributed by atoms with E-state index in [4.69, 9.17) is 18.9 Å². The zero-order valence-corrected chi connectivity index (χ0v) is 26.0. The number of carbonyl (C=O) groups excluding carboxylic acids is 8. The first kappa shape index (κ1) is 35.7. The molecule has 2 aliphatic heterocycles. The second-order valence-corrected chi connectivity index (χ2v) is 10.4. The Balaban J connectivity index is 1.00. The van der Waals surface area contributed by atoms with Crippen molar-refractivity contribution in [2.75, 3.05) is 13.1 Å². The summed E-state index contributed by atoms with van der Waals surface area (Å²) in [7, 11) is 0. The van der Waals surface area contributed by atoms with Gasteiger partial charge >= 0.3 is 24.5 Å². The number of hydrogen-bond acceptors (Lipinski definition) is 14. The molecule has 4 rings (SSSR count). The van der Waals surface area contributed by atoms with Crippen LogP contribution in [0.3, 0.4) is 0 Å². The molecule has 0 bridgehead atoms. The summed E-state index contributed by atoms with van der Waals surface area (Å²) in [4.78, 5) is 103. The number of hydrogen-bond donors (Lipinski definition) is 2. The first-order valence-corrected chi connectivity index (χ1v) is 15.1. The maximum Gasteiger partial charge on any atom is 0.534 e. The van der Waals surface area contributed by atoms with E-state index in [9.17, 15) is 38.4 Å². The van der Waals surface area contributed by atoms with Crippen LogP contribution in [-0.2, 0) is 51.5 Å². The Bertz CT molecular complexity index is 1410. The van der Waals surface area contributed by atoms with Gasteiger partial charge in [-0.3, -0.25) is 28.9 Å².